The van der Waals surface area contributed by atoms with Gasteiger partial charge in [-0.1, -0.05) is 6.92 Å². The molecule has 0 spiro atoms. The molecule has 0 radical (unpaired) electrons. The standard InChI is InChI=1S/C22H28FNO4/c1-15-13-16(14-19(23)21(15)27-12-5-4-10-20(25)26)18-9-6-11-24-22(18)28-17-7-2-3-8-17/h6,9,11,14-15,17H,2-5,7-8,10,12-13H2,1H3,(H,25,26). The van der Waals surface area contributed by atoms with E-state index in [1.54, 1.807) is 6.20 Å². The lowest BCUT2D eigenvalue weighted by Gasteiger charge is -2.24. The average molecular weight is 389 g/mol. The smallest absolute Gasteiger partial charge is 0.303 e. The third kappa shape index (κ3) is 5.33. The maximum absolute atomic E-state index is 14.7. The van der Waals surface area contributed by atoms with Crippen molar-refractivity contribution >= 4 is 11.5 Å². The van der Waals surface area contributed by atoms with Gasteiger partial charge < -0.3 is 14.6 Å². The number of hydrogen-bond donors (Lipinski definition) is 1. The summed E-state index contributed by atoms with van der Waals surface area (Å²) in [5, 5.41) is 8.66. The Bertz CT molecular complexity index is 753. The van der Waals surface area contributed by atoms with Crippen LogP contribution in [0.15, 0.2) is 36.0 Å². The first-order valence-electron chi connectivity index (χ1n) is 10.1. The van der Waals surface area contributed by atoms with Gasteiger partial charge in [-0.25, -0.2) is 9.37 Å². The summed E-state index contributed by atoms with van der Waals surface area (Å²) in [5.74, 6) is -0.363. The van der Waals surface area contributed by atoms with Gasteiger partial charge in [0.25, 0.3) is 0 Å². The summed E-state index contributed by atoms with van der Waals surface area (Å²) >= 11 is 0. The fourth-order valence-corrected chi connectivity index (χ4v) is 3.79. The number of aliphatic carboxylic acids is 1. The first-order valence-corrected chi connectivity index (χ1v) is 10.1. The van der Waals surface area contributed by atoms with E-state index in [1.165, 1.54) is 18.9 Å². The van der Waals surface area contributed by atoms with Crippen molar-refractivity contribution in [2.75, 3.05) is 6.61 Å². The number of carboxylic acids is 1. The molecule has 1 N–H and O–H groups in total. The van der Waals surface area contributed by atoms with Crippen molar-refractivity contribution in [3.63, 3.8) is 0 Å². The Morgan fingerprint density at radius 1 is 1.32 bits per heavy atom. The third-order valence-electron chi connectivity index (χ3n) is 5.25. The highest BCUT2D eigenvalue weighted by Crippen LogP contribution is 2.39. The van der Waals surface area contributed by atoms with Crippen LogP contribution < -0.4 is 4.74 Å². The molecule has 0 bridgehead atoms. The zero-order valence-electron chi connectivity index (χ0n) is 16.3. The normalized spacial score (nSPS) is 20.2. The quantitative estimate of drug-likeness (QED) is 0.582. The molecule has 2 aliphatic carbocycles. The fourth-order valence-electron chi connectivity index (χ4n) is 3.79. The van der Waals surface area contributed by atoms with E-state index in [1.807, 2.05) is 19.1 Å². The number of carboxylic acid groups (broad SMARTS) is 1. The largest absolute Gasteiger partial charge is 0.495 e. The van der Waals surface area contributed by atoms with E-state index in [0.717, 1.165) is 24.0 Å². The van der Waals surface area contributed by atoms with Crippen LogP contribution in [0.4, 0.5) is 4.39 Å². The summed E-state index contributed by atoms with van der Waals surface area (Å²) < 4.78 is 26.5. The Balaban J connectivity index is 1.68. The molecule has 0 aromatic carbocycles. The predicted octanol–water partition coefficient (Wildman–Crippen LogP) is 5.28. The molecule has 1 heterocycles. The highest BCUT2D eigenvalue weighted by Gasteiger charge is 2.26. The number of halogens is 1. The van der Waals surface area contributed by atoms with Gasteiger partial charge in [0.15, 0.2) is 5.83 Å². The Hall–Kier alpha value is -2.37. The van der Waals surface area contributed by atoms with Gasteiger partial charge in [0.1, 0.15) is 11.9 Å². The Kier molecular flexibility index (Phi) is 7.06. The van der Waals surface area contributed by atoms with Crippen molar-refractivity contribution in [3.8, 4) is 5.88 Å². The molecule has 1 fully saturated rings. The van der Waals surface area contributed by atoms with Gasteiger partial charge in [-0.2, -0.15) is 0 Å². The zero-order valence-corrected chi connectivity index (χ0v) is 16.3. The summed E-state index contributed by atoms with van der Waals surface area (Å²) in [6.07, 6.45) is 9.72. The number of hydrogen-bond acceptors (Lipinski definition) is 4. The number of carbonyl (C=O) groups is 1. The Morgan fingerprint density at radius 2 is 2.11 bits per heavy atom. The van der Waals surface area contributed by atoms with Crippen molar-refractivity contribution in [2.24, 2.45) is 5.92 Å². The monoisotopic (exact) mass is 389 g/mol. The lowest BCUT2D eigenvalue weighted by molar-refractivity contribution is -0.137. The molecule has 6 heteroatoms. The molecule has 1 unspecified atom stereocenters. The molecule has 28 heavy (non-hydrogen) atoms. The summed E-state index contributed by atoms with van der Waals surface area (Å²) in [5.41, 5.74) is 1.71. The molecule has 1 aromatic heterocycles. The van der Waals surface area contributed by atoms with Crippen LogP contribution in [-0.2, 0) is 9.53 Å². The molecule has 1 saturated carbocycles. The Morgan fingerprint density at radius 3 is 2.82 bits per heavy atom. The van der Waals surface area contributed by atoms with Gasteiger partial charge in [0, 0.05) is 24.1 Å². The molecular formula is C22H28FNO4. The molecule has 0 amide bonds. The minimum Gasteiger partial charge on any atom is -0.495 e. The van der Waals surface area contributed by atoms with Crippen LogP contribution >= 0.6 is 0 Å². The van der Waals surface area contributed by atoms with Crippen LogP contribution in [0, 0.1) is 5.92 Å². The lowest BCUT2D eigenvalue weighted by Crippen LogP contribution is -2.15. The topological polar surface area (TPSA) is 68.7 Å². The van der Waals surface area contributed by atoms with Gasteiger partial charge in [-0.15, -0.1) is 0 Å². The summed E-state index contributed by atoms with van der Waals surface area (Å²) in [6.45, 7) is 2.26. The SMILES string of the molecule is CC1CC(c2cccnc2OC2CCCC2)=CC(F)=C1OCCCCC(=O)O. The summed E-state index contributed by atoms with van der Waals surface area (Å²) in [6, 6.07) is 3.78. The van der Waals surface area contributed by atoms with E-state index >= 15 is 0 Å². The minimum absolute atomic E-state index is 0.0981. The van der Waals surface area contributed by atoms with Crippen molar-refractivity contribution in [3.05, 3.63) is 41.6 Å². The first-order chi connectivity index (χ1) is 13.5. The maximum atomic E-state index is 14.7. The van der Waals surface area contributed by atoms with Gasteiger partial charge in [0.2, 0.25) is 5.88 Å². The van der Waals surface area contributed by atoms with E-state index in [-0.39, 0.29) is 24.3 Å². The fraction of sp³-hybridized carbons (Fsp3) is 0.545. The zero-order chi connectivity index (χ0) is 19.9. The molecule has 0 aliphatic heterocycles. The molecule has 1 atom stereocenters. The van der Waals surface area contributed by atoms with Crippen molar-refractivity contribution in [2.45, 2.75) is 64.4 Å². The van der Waals surface area contributed by atoms with Gasteiger partial charge in [-0.3, -0.25) is 4.79 Å². The van der Waals surface area contributed by atoms with Crippen LogP contribution in [0.5, 0.6) is 5.88 Å². The number of aromatic nitrogens is 1. The minimum atomic E-state index is -0.823. The number of ether oxygens (including phenoxy) is 2. The van der Waals surface area contributed by atoms with Gasteiger partial charge in [0.05, 0.1) is 6.61 Å². The number of nitrogens with zero attached hydrogens (tertiary/aromatic N) is 1. The number of allylic oxidation sites excluding steroid dienone is 4. The molecule has 152 valence electrons. The lowest BCUT2D eigenvalue weighted by atomic mass is 9.89. The second-order valence-corrected chi connectivity index (χ2v) is 7.57. The Labute approximate surface area is 165 Å². The van der Waals surface area contributed by atoms with Crippen LogP contribution in [0.1, 0.15) is 63.9 Å². The highest BCUT2D eigenvalue weighted by atomic mass is 19.1. The van der Waals surface area contributed by atoms with Crippen molar-refractivity contribution < 1.29 is 23.8 Å². The van der Waals surface area contributed by atoms with Crippen LogP contribution in [0.2, 0.25) is 0 Å². The van der Waals surface area contributed by atoms with Gasteiger partial charge in [-0.05, 0) is 68.7 Å². The van der Waals surface area contributed by atoms with Crippen molar-refractivity contribution in [1.82, 2.24) is 4.98 Å². The predicted molar refractivity (Wildman–Crippen MR) is 104 cm³/mol. The molecule has 2 aliphatic rings. The first kappa shape index (κ1) is 20.4. The van der Waals surface area contributed by atoms with E-state index in [2.05, 4.69) is 4.98 Å². The molecule has 1 aromatic rings. The summed E-state index contributed by atoms with van der Waals surface area (Å²) in [4.78, 5) is 14.9. The van der Waals surface area contributed by atoms with Crippen LogP contribution in [-0.4, -0.2) is 28.8 Å². The van der Waals surface area contributed by atoms with Crippen molar-refractivity contribution in [1.29, 1.82) is 0 Å². The molecule has 5 nitrogen and oxygen atoms in total. The average Bonchev–Trinajstić information content (AvgIpc) is 3.16. The van der Waals surface area contributed by atoms with Crippen LogP contribution in [0.3, 0.4) is 0 Å². The maximum Gasteiger partial charge on any atom is 0.303 e. The second-order valence-electron chi connectivity index (χ2n) is 7.57. The molecular weight excluding hydrogens is 361 g/mol. The number of pyridine rings is 1. The second kappa shape index (κ2) is 9.71. The molecule has 0 saturated heterocycles. The molecule has 3 rings (SSSR count). The highest BCUT2D eigenvalue weighted by molar-refractivity contribution is 5.72. The van der Waals surface area contributed by atoms with E-state index in [9.17, 15) is 9.18 Å². The number of unbranched alkanes of at least 4 members (excludes halogenated alkanes) is 1. The van der Waals surface area contributed by atoms with E-state index in [0.29, 0.717) is 37.5 Å². The van der Waals surface area contributed by atoms with E-state index in [4.69, 9.17) is 14.6 Å². The third-order valence-corrected chi connectivity index (χ3v) is 5.25. The summed E-state index contributed by atoms with van der Waals surface area (Å²) in [7, 11) is 0. The number of rotatable bonds is 9. The van der Waals surface area contributed by atoms with Crippen LogP contribution in [0.25, 0.3) is 5.57 Å². The van der Waals surface area contributed by atoms with E-state index < -0.39 is 5.97 Å². The van der Waals surface area contributed by atoms with Gasteiger partial charge >= 0.3 is 5.97 Å².